The highest BCUT2D eigenvalue weighted by atomic mass is 16.6. The first-order valence-corrected chi connectivity index (χ1v) is 8.86. The number of alkyl carbamates (subject to hydrolysis) is 1. The molecule has 0 aromatic heterocycles. The van der Waals surface area contributed by atoms with Gasteiger partial charge in [0.25, 0.3) is 0 Å². The summed E-state index contributed by atoms with van der Waals surface area (Å²) in [5, 5.41) is 5.98. The first-order chi connectivity index (χ1) is 11.8. The van der Waals surface area contributed by atoms with Gasteiger partial charge in [0.2, 0.25) is 5.91 Å². The quantitative estimate of drug-likeness (QED) is 0.591. The van der Waals surface area contributed by atoms with E-state index in [0.717, 1.165) is 12.8 Å². The number of carbonyl (C=O) groups excluding carboxylic acids is 2. The third-order valence-electron chi connectivity index (χ3n) is 3.67. The minimum atomic E-state index is -0.496. The lowest BCUT2D eigenvalue weighted by Gasteiger charge is -2.28. The number of ether oxygens (including phenoxy) is 3. The molecule has 0 aliphatic carbocycles. The van der Waals surface area contributed by atoms with E-state index in [2.05, 4.69) is 10.6 Å². The van der Waals surface area contributed by atoms with Gasteiger partial charge in [-0.3, -0.25) is 4.79 Å². The Morgan fingerprint density at radius 3 is 2.52 bits per heavy atom. The summed E-state index contributed by atoms with van der Waals surface area (Å²) in [7, 11) is 1.64. The number of nitrogens with zero attached hydrogens (tertiary/aromatic N) is 1. The molecule has 1 rings (SSSR count). The van der Waals surface area contributed by atoms with Gasteiger partial charge in [-0.05, 0) is 33.6 Å². The fraction of sp³-hybridized carbons (Fsp3) is 0.882. The molecule has 8 heteroatoms. The molecule has 1 unspecified atom stereocenters. The van der Waals surface area contributed by atoms with Crippen LogP contribution in [0.15, 0.2) is 0 Å². The summed E-state index contributed by atoms with van der Waals surface area (Å²) in [6, 6.07) is 0.0652. The first kappa shape index (κ1) is 21.7. The lowest BCUT2D eigenvalue weighted by molar-refractivity contribution is -0.134. The maximum Gasteiger partial charge on any atom is 0.407 e. The smallest absolute Gasteiger partial charge is 0.407 e. The zero-order valence-electron chi connectivity index (χ0n) is 15.9. The minimum Gasteiger partial charge on any atom is -0.444 e. The third kappa shape index (κ3) is 10.3. The third-order valence-corrected chi connectivity index (χ3v) is 3.67. The molecule has 1 aliphatic rings. The minimum absolute atomic E-state index is 0.0652. The van der Waals surface area contributed by atoms with E-state index in [0.29, 0.717) is 39.5 Å². The van der Waals surface area contributed by atoms with Crippen molar-refractivity contribution in [3.05, 3.63) is 0 Å². The Hall–Kier alpha value is -1.38. The van der Waals surface area contributed by atoms with Crippen molar-refractivity contribution in [1.29, 1.82) is 0 Å². The predicted molar refractivity (Wildman–Crippen MR) is 94.5 cm³/mol. The van der Waals surface area contributed by atoms with Gasteiger partial charge in [-0.1, -0.05) is 0 Å². The molecule has 1 saturated heterocycles. The van der Waals surface area contributed by atoms with Gasteiger partial charge in [0.15, 0.2) is 0 Å². The van der Waals surface area contributed by atoms with Gasteiger partial charge in [0.1, 0.15) is 5.60 Å². The monoisotopic (exact) mass is 359 g/mol. The van der Waals surface area contributed by atoms with E-state index in [1.165, 1.54) is 0 Å². The molecule has 0 aromatic carbocycles. The predicted octanol–water partition coefficient (Wildman–Crippen LogP) is 0.755. The molecule has 1 aliphatic heterocycles. The summed E-state index contributed by atoms with van der Waals surface area (Å²) >= 11 is 0. The van der Waals surface area contributed by atoms with Crippen molar-refractivity contribution in [2.45, 2.75) is 45.3 Å². The van der Waals surface area contributed by atoms with Crippen LogP contribution in [0.5, 0.6) is 0 Å². The van der Waals surface area contributed by atoms with Crippen molar-refractivity contribution in [3.8, 4) is 0 Å². The Morgan fingerprint density at radius 1 is 1.24 bits per heavy atom. The number of morpholine rings is 1. The van der Waals surface area contributed by atoms with Crippen molar-refractivity contribution >= 4 is 12.0 Å². The van der Waals surface area contributed by atoms with Crippen molar-refractivity contribution in [1.82, 2.24) is 15.5 Å². The second-order valence-corrected chi connectivity index (χ2v) is 7.10. The van der Waals surface area contributed by atoms with E-state index in [1.807, 2.05) is 25.7 Å². The van der Waals surface area contributed by atoms with Crippen LogP contribution in [-0.2, 0) is 19.0 Å². The molecule has 0 radical (unpaired) electrons. The van der Waals surface area contributed by atoms with E-state index < -0.39 is 11.7 Å². The summed E-state index contributed by atoms with van der Waals surface area (Å²) in [6.07, 6.45) is 1.15. The van der Waals surface area contributed by atoms with Crippen LogP contribution in [0, 0.1) is 0 Å². The van der Waals surface area contributed by atoms with E-state index in [1.54, 1.807) is 7.11 Å². The number of methoxy groups -OCH3 is 1. The maximum atomic E-state index is 12.2. The van der Waals surface area contributed by atoms with Crippen LogP contribution in [0.3, 0.4) is 0 Å². The van der Waals surface area contributed by atoms with Gasteiger partial charge in [-0.2, -0.15) is 0 Å². The first-order valence-electron chi connectivity index (χ1n) is 8.86. The molecule has 146 valence electrons. The van der Waals surface area contributed by atoms with Gasteiger partial charge < -0.3 is 29.7 Å². The van der Waals surface area contributed by atoms with Crippen LogP contribution in [0.1, 0.15) is 33.6 Å². The highest BCUT2D eigenvalue weighted by Crippen LogP contribution is 2.06. The van der Waals surface area contributed by atoms with E-state index >= 15 is 0 Å². The van der Waals surface area contributed by atoms with Crippen LogP contribution in [-0.4, -0.2) is 81.7 Å². The zero-order valence-corrected chi connectivity index (χ0v) is 15.9. The normalized spacial score (nSPS) is 16.4. The number of hydrogen-bond acceptors (Lipinski definition) is 6. The zero-order chi connectivity index (χ0) is 18.7. The van der Waals surface area contributed by atoms with Crippen LogP contribution >= 0.6 is 0 Å². The standard InChI is InChI=1S/C17H33N3O5/c1-17(2,3)25-16(22)18-7-5-6-14(13-23-4)19-12-15(21)20-8-10-24-11-9-20/h14,19H,5-13H2,1-4H3,(H,18,22). The van der Waals surface area contributed by atoms with Crippen molar-refractivity contribution in [2.75, 3.05) is 53.1 Å². The maximum absolute atomic E-state index is 12.2. The topological polar surface area (TPSA) is 89.1 Å². The molecule has 2 amide bonds. The average molecular weight is 359 g/mol. The van der Waals surface area contributed by atoms with Crippen LogP contribution < -0.4 is 10.6 Å². The molecule has 0 saturated carbocycles. The molecule has 1 atom stereocenters. The van der Waals surface area contributed by atoms with E-state index in [-0.39, 0.29) is 18.5 Å². The second kappa shape index (κ2) is 11.3. The Balaban J connectivity index is 2.22. The highest BCUT2D eigenvalue weighted by Gasteiger charge is 2.18. The lowest BCUT2D eigenvalue weighted by atomic mass is 10.1. The molecular weight excluding hydrogens is 326 g/mol. The fourth-order valence-electron chi connectivity index (χ4n) is 2.45. The molecule has 0 spiro atoms. The average Bonchev–Trinajstić information content (AvgIpc) is 2.55. The number of carbonyl (C=O) groups is 2. The van der Waals surface area contributed by atoms with Gasteiger partial charge >= 0.3 is 6.09 Å². The van der Waals surface area contributed by atoms with Crippen molar-refractivity contribution in [3.63, 3.8) is 0 Å². The van der Waals surface area contributed by atoms with E-state index in [4.69, 9.17) is 14.2 Å². The molecular formula is C17H33N3O5. The highest BCUT2D eigenvalue weighted by molar-refractivity contribution is 5.78. The molecule has 2 N–H and O–H groups in total. The van der Waals surface area contributed by atoms with Crippen LogP contribution in [0.4, 0.5) is 4.79 Å². The Kier molecular flexibility index (Phi) is 9.77. The molecule has 25 heavy (non-hydrogen) atoms. The lowest BCUT2D eigenvalue weighted by Crippen LogP contribution is -2.47. The second-order valence-electron chi connectivity index (χ2n) is 7.10. The van der Waals surface area contributed by atoms with Crippen molar-refractivity contribution in [2.24, 2.45) is 0 Å². The molecule has 1 heterocycles. The molecule has 0 aromatic rings. The Bertz CT molecular complexity index is 406. The summed E-state index contributed by atoms with van der Waals surface area (Å²) in [6.45, 7) is 9.31. The molecule has 8 nitrogen and oxygen atoms in total. The van der Waals surface area contributed by atoms with Gasteiger partial charge in [0.05, 0.1) is 26.4 Å². The van der Waals surface area contributed by atoms with Gasteiger partial charge in [-0.25, -0.2) is 4.79 Å². The molecule has 1 fully saturated rings. The largest absolute Gasteiger partial charge is 0.444 e. The Labute approximate surface area is 150 Å². The number of nitrogens with one attached hydrogen (secondary N) is 2. The Morgan fingerprint density at radius 2 is 1.92 bits per heavy atom. The number of amides is 2. The number of rotatable bonds is 9. The van der Waals surface area contributed by atoms with Crippen molar-refractivity contribution < 1.29 is 23.8 Å². The van der Waals surface area contributed by atoms with Crippen LogP contribution in [0.2, 0.25) is 0 Å². The fourth-order valence-corrected chi connectivity index (χ4v) is 2.45. The summed E-state index contributed by atoms with van der Waals surface area (Å²) < 4.78 is 15.6. The van der Waals surface area contributed by atoms with E-state index in [9.17, 15) is 9.59 Å². The van der Waals surface area contributed by atoms with Crippen LogP contribution in [0.25, 0.3) is 0 Å². The summed E-state index contributed by atoms with van der Waals surface area (Å²) in [5.41, 5.74) is -0.496. The summed E-state index contributed by atoms with van der Waals surface area (Å²) in [4.78, 5) is 25.5. The summed E-state index contributed by atoms with van der Waals surface area (Å²) in [5.74, 6) is 0.0799. The van der Waals surface area contributed by atoms with Gasteiger partial charge in [-0.15, -0.1) is 0 Å². The molecule has 0 bridgehead atoms. The number of hydrogen-bond donors (Lipinski definition) is 2. The van der Waals surface area contributed by atoms with Gasteiger partial charge in [0, 0.05) is 32.8 Å². The SMILES string of the molecule is COCC(CCCNC(=O)OC(C)(C)C)NCC(=O)N1CCOCC1.